The minimum atomic E-state index is -0.802. The molecule has 1 atom stereocenters. The quantitative estimate of drug-likeness (QED) is 0.0262. The normalized spacial score (nSPS) is 12.6. The van der Waals surface area contributed by atoms with Crippen LogP contribution in [0.2, 0.25) is 0 Å². The van der Waals surface area contributed by atoms with Crippen LogP contribution in [0, 0.1) is 0 Å². The lowest BCUT2D eigenvalue weighted by atomic mass is 10.1. The third-order valence-corrected chi connectivity index (χ3v) is 11.2. The molecular weight excluding hydrogens is 781 g/mol. The molecule has 6 heteroatoms. The van der Waals surface area contributed by atoms with Crippen LogP contribution in [0.5, 0.6) is 0 Å². The summed E-state index contributed by atoms with van der Waals surface area (Å²) in [6.45, 7) is 6.51. The topological polar surface area (TPSA) is 78.9 Å². The first-order valence-electron chi connectivity index (χ1n) is 26.4. The van der Waals surface area contributed by atoms with E-state index in [-0.39, 0.29) is 37.5 Å². The lowest BCUT2D eigenvalue weighted by molar-refractivity contribution is -0.167. The van der Waals surface area contributed by atoms with E-state index >= 15 is 0 Å². The summed E-state index contributed by atoms with van der Waals surface area (Å²) >= 11 is 0. The van der Waals surface area contributed by atoms with Gasteiger partial charge in [-0.1, -0.05) is 203 Å². The number of hydrogen-bond acceptors (Lipinski definition) is 6. The number of hydrogen-bond donors (Lipinski definition) is 0. The van der Waals surface area contributed by atoms with Gasteiger partial charge in [0.05, 0.1) is 0 Å². The van der Waals surface area contributed by atoms with E-state index in [1.807, 2.05) is 0 Å². The fourth-order valence-electron chi connectivity index (χ4n) is 7.12. The Bertz CT molecular complexity index is 1190. The fourth-order valence-corrected chi connectivity index (χ4v) is 7.12. The van der Waals surface area contributed by atoms with Crippen LogP contribution in [0.25, 0.3) is 0 Å². The van der Waals surface area contributed by atoms with E-state index in [1.54, 1.807) is 0 Å². The molecule has 0 saturated heterocycles. The summed E-state index contributed by atoms with van der Waals surface area (Å²) < 4.78 is 16.7. The average Bonchev–Trinajstić information content (AvgIpc) is 3.28. The molecule has 0 aliphatic rings. The molecule has 0 aromatic heterocycles. The van der Waals surface area contributed by atoms with Crippen LogP contribution < -0.4 is 0 Å². The summed E-state index contributed by atoms with van der Waals surface area (Å²) in [6.07, 6.45) is 64.6. The van der Waals surface area contributed by atoms with Crippen molar-refractivity contribution in [1.29, 1.82) is 0 Å². The van der Waals surface area contributed by atoms with Crippen molar-refractivity contribution in [2.45, 2.75) is 258 Å². The van der Waals surface area contributed by atoms with Crippen LogP contribution in [0.15, 0.2) is 72.9 Å². The standard InChI is InChI=1S/C57H98O6/c1-4-7-10-13-16-19-22-24-26-28-30-32-35-38-41-44-47-50-56(59)62-53-54(52-61-55(58)49-46-43-40-37-34-21-18-15-12-9-6-3)63-57(60)51-48-45-42-39-36-33-31-29-27-25-23-20-17-14-11-8-5-2/h15-16,18-19,24-27,30,32,38,41,54H,4-14,17,20-23,28-29,31,33-37,39-40,42-53H2,1-3H3/b18-15-,19-16-,26-24-,27-25-,32-30-,41-38-. The molecule has 0 heterocycles. The third-order valence-electron chi connectivity index (χ3n) is 11.2. The van der Waals surface area contributed by atoms with Gasteiger partial charge >= 0.3 is 17.9 Å². The summed E-state index contributed by atoms with van der Waals surface area (Å²) in [4.78, 5) is 37.9. The highest BCUT2D eigenvalue weighted by atomic mass is 16.6. The number of carbonyl (C=O) groups is 3. The Hall–Kier alpha value is -3.15. The molecule has 0 aromatic carbocycles. The first-order valence-corrected chi connectivity index (χ1v) is 26.4. The molecule has 0 bridgehead atoms. The molecule has 1 unspecified atom stereocenters. The molecule has 0 rings (SSSR count). The second-order valence-electron chi connectivity index (χ2n) is 17.4. The van der Waals surface area contributed by atoms with Crippen LogP contribution in [0.3, 0.4) is 0 Å². The Labute approximate surface area is 389 Å². The van der Waals surface area contributed by atoms with Crippen molar-refractivity contribution in [3.63, 3.8) is 0 Å². The average molecular weight is 879 g/mol. The van der Waals surface area contributed by atoms with Crippen LogP contribution >= 0.6 is 0 Å². The first-order chi connectivity index (χ1) is 31.0. The van der Waals surface area contributed by atoms with Gasteiger partial charge < -0.3 is 14.2 Å². The predicted octanol–water partition coefficient (Wildman–Crippen LogP) is 17.4. The van der Waals surface area contributed by atoms with E-state index in [0.29, 0.717) is 19.3 Å². The van der Waals surface area contributed by atoms with Gasteiger partial charge in [0.1, 0.15) is 13.2 Å². The minimum absolute atomic E-state index is 0.0985. The van der Waals surface area contributed by atoms with Gasteiger partial charge in [0.2, 0.25) is 0 Å². The minimum Gasteiger partial charge on any atom is -0.462 e. The molecule has 0 saturated carbocycles. The van der Waals surface area contributed by atoms with Gasteiger partial charge in [0.25, 0.3) is 0 Å². The zero-order valence-electron chi connectivity index (χ0n) is 41.3. The van der Waals surface area contributed by atoms with Crippen molar-refractivity contribution < 1.29 is 28.6 Å². The van der Waals surface area contributed by atoms with Crippen molar-refractivity contribution in [3.05, 3.63) is 72.9 Å². The van der Waals surface area contributed by atoms with Crippen LogP contribution in [0.4, 0.5) is 0 Å². The predicted molar refractivity (Wildman–Crippen MR) is 270 cm³/mol. The molecule has 0 amide bonds. The second-order valence-corrected chi connectivity index (χ2v) is 17.4. The summed E-state index contributed by atoms with van der Waals surface area (Å²) in [7, 11) is 0. The Morgan fingerprint density at radius 2 is 0.603 bits per heavy atom. The van der Waals surface area contributed by atoms with Gasteiger partial charge in [-0.05, 0) is 103 Å². The Balaban J connectivity index is 4.46. The maximum atomic E-state index is 12.8. The summed E-state index contributed by atoms with van der Waals surface area (Å²) in [6, 6.07) is 0. The molecule has 0 aliphatic carbocycles. The smallest absolute Gasteiger partial charge is 0.306 e. The molecule has 0 aromatic rings. The highest BCUT2D eigenvalue weighted by molar-refractivity contribution is 5.71. The molecule has 0 N–H and O–H groups in total. The van der Waals surface area contributed by atoms with Gasteiger partial charge in [-0.25, -0.2) is 0 Å². The van der Waals surface area contributed by atoms with Crippen LogP contribution in [-0.2, 0) is 28.6 Å². The number of rotatable bonds is 47. The molecule has 6 nitrogen and oxygen atoms in total. The number of esters is 3. The lowest BCUT2D eigenvalue weighted by Crippen LogP contribution is -2.30. The maximum absolute atomic E-state index is 12.8. The molecule has 362 valence electrons. The molecule has 0 spiro atoms. The van der Waals surface area contributed by atoms with E-state index < -0.39 is 6.10 Å². The Morgan fingerprint density at radius 3 is 1.05 bits per heavy atom. The van der Waals surface area contributed by atoms with Crippen LogP contribution in [-0.4, -0.2) is 37.2 Å². The molecule has 0 radical (unpaired) electrons. The van der Waals surface area contributed by atoms with Crippen molar-refractivity contribution in [1.82, 2.24) is 0 Å². The highest BCUT2D eigenvalue weighted by Crippen LogP contribution is 2.14. The van der Waals surface area contributed by atoms with E-state index in [2.05, 4.69) is 93.7 Å². The first kappa shape index (κ1) is 59.9. The Kier molecular flexibility index (Phi) is 48.9. The highest BCUT2D eigenvalue weighted by Gasteiger charge is 2.19. The van der Waals surface area contributed by atoms with E-state index in [4.69, 9.17) is 14.2 Å². The molecule has 63 heavy (non-hydrogen) atoms. The maximum Gasteiger partial charge on any atom is 0.306 e. The number of ether oxygens (including phenoxy) is 3. The monoisotopic (exact) mass is 879 g/mol. The van der Waals surface area contributed by atoms with Crippen molar-refractivity contribution in [3.8, 4) is 0 Å². The zero-order chi connectivity index (χ0) is 45.8. The third kappa shape index (κ3) is 49.7. The molecular formula is C57H98O6. The van der Waals surface area contributed by atoms with Gasteiger partial charge in [0, 0.05) is 19.3 Å². The molecule has 0 aliphatic heterocycles. The second kappa shape index (κ2) is 51.5. The Morgan fingerprint density at radius 1 is 0.317 bits per heavy atom. The van der Waals surface area contributed by atoms with Gasteiger partial charge in [-0.2, -0.15) is 0 Å². The van der Waals surface area contributed by atoms with E-state index in [0.717, 1.165) is 77.0 Å². The van der Waals surface area contributed by atoms with Gasteiger partial charge in [-0.15, -0.1) is 0 Å². The van der Waals surface area contributed by atoms with E-state index in [9.17, 15) is 14.4 Å². The lowest BCUT2D eigenvalue weighted by Gasteiger charge is -2.18. The largest absolute Gasteiger partial charge is 0.462 e. The van der Waals surface area contributed by atoms with Crippen molar-refractivity contribution >= 4 is 17.9 Å². The number of unbranched alkanes of at least 4 members (excludes halogenated alkanes) is 24. The van der Waals surface area contributed by atoms with Crippen molar-refractivity contribution in [2.24, 2.45) is 0 Å². The van der Waals surface area contributed by atoms with Crippen LogP contribution in [0.1, 0.15) is 252 Å². The SMILES string of the molecule is CCCC/C=C\CCCCCCCC(=O)OCC(COC(=O)CCC/C=C\C/C=C\C/C=C\C/C=C\CCCCC)OC(=O)CCCCCCCCC/C=C\CCCCCCCC. The number of carbonyl (C=O) groups excluding carboxylic acids is 3. The van der Waals surface area contributed by atoms with Gasteiger partial charge in [-0.3, -0.25) is 14.4 Å². The van der Waals surface area contributed by atoms with E-state index in [1.165, 1.54) is 128 Å². The molecule has 0 fully saturated rings. The summed E-state index contributed by atoms with van der Waals surface area (Å²) in [5.41, 5.74) is 0. The van der Waals surface area contributed by atoms with Crippen molar-refractivity contribution in [2.75, 3.05) is 13.2 Å². The zero-order valence-corrected chi connectivity index (χ0v) is 41.3. The fraction of sp³-hybridized carbons (Fsp3) is 0.737. The summed E-state index contributed by atoms with van der Waals surface area (Å²) in [5, 5.41) is 0. The van der Waals surface area contributed by atoms with Gasteiger partial charge in [0.15, 0.2) is 6.10 Å². The summed E-state index contributed by atoms with van der Waals surface area (Å²) in [5.74, 6) is -0.969. The number of allylic oxidation sites excluding steroid dienone is 12.